The molecule has 0 saturated carbocycles. The van der Waals surface area contributed by atoms with Gasteiger partial charge >= 0.3 is 0 Å². The highest BCUT2D eigenvalue weighted by molar-refractivity contribution is 5.77. The molecule has 0 aliphatic carbocycles. The van der Waals surface area contributed by atoms with E-state index in [1.165, 1.54) is 0 Å². The summed E-state index contributed by atoms with van der Waals surface area (Å²) in [5.41, 5.74) is 1.19. The Labute approximate surface area is 81.2 Å². The normalized spacial score (nSPS) is 10.1. The van der Waals surface area contributed by atoms with Gasteiger partial charge < -0.3 is 4.57 Å². The molecule has 4 nitrogen and oxygen atoms in total. The van der Waals surface area contributed by atoms with E-state index in [4.69, 9.17) is 0 Å². The number of nitrogens with zero attached hydrogens (tertiary/aromatic N) is 3. The van der Waals surface area contributed by atoms with Crippen LogP contribution in [0, 0.1) is 6.92 Å². The van der Waals surface area contributed by atoms with Gasteiger partial charge in [0.2, 0.25) is 0 Å². The molecule has 0 aliphatic rings. The van der Waals surface area contributed by atoms with Crippen molar-refractivity contribution in [2.24, 2.45) is 0 Å². The van der Waals surface area contributed by atoms with E-state index in [0.29, 0.717) is 5.69 Å². The third kappa shape index (κ3) is 1.31. The molecule has 2 aromatic heterocycles. The summed E-state index contributed by atoms with van der Waals surface area (Å²) in [7, 11) is 0. The molecule has 2 heterocycles. The van der Waals surface area contributed by atoms with Crippen LogP contribution in [0.25, 0.3) is 5.69 Å². The fraction of sp³-hybridized carbons (Fsp3) is 0.100. The van der Waals surface area contributed by atoms with Crippen LogP contribution >= 0.6 is 0 Å². The lowest BCUT2D eigenvalue weighted by molar-refractivity contribution is 0.111. The Morgan fingerprint density at radius 1 is 1.36 bits per heavy atom. The van der Waals surface area contributed by atoms with Crippen LogP contribution in [-0.4, -0.2) is 20.8 Å². The SMILES string of the molecule is Cc1nccn1-c1cccnc1C=O. The summed E-state index contributed by atoms with van der Waals surface area (Å²) in [5, 5.41) is 0. The van der Waals surface area contributed by atoms with E-state index in [0.717, 1.165) is 17.8 Å². The quantitative estimate of drug-likeness (QED) is 0.667. The average molecular weight is 187 g/mol. The molecule has 0 atom stereocenters. The van der Waals surface area contributed by atoms with Crippen LogP contribution in [0.1, 0.15) is 16.3 Å². The minimum atomic E-state index is 0.425. The Hall–Kier alpha value is -1.97. The minimum Gasteiger partial charge on any atom is -0.302 e. The molecule has 0 unspecified atom stereocenters. The van der Waals surface area contributed by atoms with Crippen LogP contribution < -0.4 is 0 Å². The van der Waals surface area contributed by atoms with Crippen molar-refractivity contribution in [1.82, 2.24) is 14.5 Å². The fourth-order valence-electron chi connectivity index (χ4n) is 1.34. The molecule has 0 radical (unpaired) electrons. The van der Waals surface area contributed by atoms with Crippen molar-refractivity contribution in [1.29, 1.82) is 0 Å². The number of hydrogen-bond donors (Lipinski definition) is 0. The van der Waals surface area contributed by atoms with Crippen molar-refractivity contribution >= 4 is 6.29 Å². The fourth-order valence-corrected chi connectivity index (χ4v) is 1.34. The number of carbonyl (C=O) groups excluding carboxylic acids is 1. The van der Waals surface area contributed by atoms with E-state index in [1.54, 1.807) is 24.7 Å². The molecule has 0 fully saturated rings. The number of aromatic nitrogens is 3. The van der Waals surface area contributed by atoms with Gasteiger partial charge in [-0.3, -0.25) is 9.78 Å². The maximum atomic E-state index is 10.7. The summed E-state index contributed by atoms with van der Waals surface area (Å²) in [6.07, 6.45) is 5.84. The number of aryl methyl sites for hydroxylation is 1. The summed E-state index contributed by atoms with van der Waals surface area (Å²) in [6.45, 7) is 1.88. The minimum absolute atomic E-state index is 0.425. The largest absolute Gasteiger partial charge is 0.302 e. The topological polar surface area (TPSA) is 47.8 Å². The summed E-state index contributed by atoms with van der Waals surface area (Å²) in [5.74, 6) is 0.834. The molecule has 0 spiro atoms. The van der Waals surface area contributed by atoms with Crippen LogP contribution in [-0.2, 0) is 0 Å². The molecule has 0 amide bonds. The summed E-state index contributed by atoms with van der Waals surface area (Å²) in [4.78, 5) is 18.8. The lowest BCUT2D eigenvalue weighted by Gasteiger charge is -2.05. The van der Waals surface area contributed by atoms with Crippen molar-refractivity contribution in [2.75, 3.05) is 0 Å². The molecule has 2 aromatic rings. The zero-order valence-corrected chi connectivity index (χ0v) is 7.71. The Morgan fingerprint density at radius 3 is 2.86 bits per heavy atom. The second-order valence-corrected chi connectivity index (χ2v) is 2.87. The third-order valence-electron chi connectivity index (χ3n) is 2.01. The average Bonchev–Trinajstić information content (AvgIpc) is 2.64. The van der Waals surface area contributed by atoms with E-state index >= 15 is 0 Å². The van der Waals surface area contributed by atoms with Crippen molar-refractivity contribution < 1.29 is 4.79 Å². The van der Waals surface area contributed by atoms with Gasteiger partial charge in [0.05, 0.1) is 5.69 Å². The molecule has 4 heteroatoms. The van der Waals surface area contributed by atoms with E-state index in [2.05, 4.69) is 9.97 Å². The molecule has 70 valence electrons. The van der Waals surface area contributed by atoms with Gasteiger partial charge in [0, 0.05) is 18.6 Å². The van der Waals surface area contributed by atoms with Gasteiger partial charge in [0.15, 0.2) is 6.29 Å². The lowest BCUT2D eigenvalue weighted by atomic mass is 10.3. The second kappa shape index (κ2) is 3.41. The van der Waals surface area contributed by atoms with Gasteiger partial charge in [-0.25, -0.2) is 4.98 Å². The van der Waals surface area contributed by atoms with Gasteiger partial charge in [-0.15, -0.1) is 0 Å². The molecular formula is C10H9N3O. The first-order valence-corrected chi connectivity index (χ1v) is 4.23. The Morgan fingerprint density at radius 2 is 2.21 bits per heavy atom. The molecule has 0 saturated heterocycles. The maximum Gasteiger partial charge on any atom is 0.170 e. The number of aldehydes is 1. The second-order valence-electron chi connectivity index (χ2n) is 2.87. The molecule has 0 N–H and O–H groups in total. The van der Waals surface area contributed by atoms with Crippen LogP contribution in [0.3, 0.4) is 0 Å². The lowest BCUT2D eigenvalue weighted by Crippen LogP contribution is -2.01. The zero-order valence-electron chi connectivity index (χ0n) is 7.71. The van der Waals surface area contributed by atoms with Crippen molar-refractivity contribution in [3.63, 3.8) is 0 Å². The van der Waals surface area contributed by atoms with Gasteiger partial charge in [-0.1, -0.05) is 0 Å². The Bertz CT molecular complexity index is 462. The van der Waals surface area contributed by atoms with Crippen LogP contribution in [0.5, 0.6) is 0 Å². The number of pyridine rings is 1. The highest BCUT2D eigenvalue weighted by Gasteiger charge is 2.05. The number of carbonyl (C=O) groups is 1. The summed E-state index contributed by atoms with van der Waals surface area (Å²) < 4.78 is 1.83. The number of imidazole rings is 1. The first-order valence-electron chi connectivity index (χ1n) is 4.23. The van der Waals surface area contributed by atoms with Gasteiger partial charge in [0.1, 0.15) is 11.5 Å². The predicted molar refractivity (Wildman–Crippen MR) is 51.5 cm³/mol. The standard InChI is InChI=1S/C10H9N3O/c1-8-11-5-6-13(8)10-3-2-4-12-9(10)7-14/h2-7H,1H3. The van der Waals surface area contributed by atoms with Crippen molar-refractivity contribution in [3.05, 3.63) is 42.2 Å². The first kappa shape index (κ1) is 8.62. The van der Waals surface area contributed by atoms with Crippen LogP contribution in [0.4, 0.5) is 0 Å². The van der Waals surface area contributed by atoms with Crippen LogP contribution in [0.15, 0.2) is 30.7 Å². The van der Waals surface area contributed by atoms with E-state index in [-0.39, 0.29) is 0 Å². The predicted octanol–water partition coefficient (Wildman–Crippen LogP) is 1.39. The number of hydrogen-bond acceptors (Lipinski definition) is 3. The molecule has 0 bridgehead atoms. The highest BCUT2D eigenvalue weighted by Crippen LogP contribution is 2.11. The van der Waals surface area contributed by atoms with E-state index in [1.807, 2.05) is 17.6 Å². The maximum absolute atomic E-state index is 10.7. The van der Waals surface area contributed by atoms with Crippen molar-refractivity contribution in [3.8, 4) is 5.69 Å². The van der Waals surface area contributed by atoms with Gasteiger partial charge in [-0.2, -0.15) is 0 Å². The highest BCUT2D eigenvalue weighted by atomic mass is 16.1. The molecule has 14 heavy (non-hydrogen) atoms. The molecule has 0 aliphatic heterocycles. The van der Waals surface area contributed by atoms with Crippen LogP contribution in [0.2, 0.25) is 0 Å². The van der Waals surface area contributed by atoms with E-state index in [9.17, 15) is 4.79 Å². The Kier molecular flexibility index (Phi) is 2.10. The molecule has 2 rings (SSSR count). The van der Waals surface area contributed by atoms with E-state index < -0.39 is 0 Å². The van der Waals surface area contributed by atoms with Crippen molar-refractivity contribution in [2.45, 2.75) is 6.92 Å². The summed E-state index contributed by atoms with van der Waals surface area (Å²) in [6, 6.07) is 3.63. The molecule has 0 aromatic carbocycles. The van der Waals surface area contributed by atoms with Gasteiger partial charge in [-0.05, 0) is 19.1 Å². The number of rotatable bonds is 2. The Balaban J connectivity index is 2.62. The monoisotopic (exact) mass is 187 g/mol. The zero-order chi connectivity index (χ0) is 9.97. The third-order valence-corrected chi connectivity index (χ3v) is 2.01. The smallest absolute Gasteiger partial charge is 0.170 e. The first-order chi connectivity index (χ1) is 6.83. The molecular weight excluding hydrogens is 178 g/mol. The van der Waals surface area contributed by atoms with Gasteiger partial charge in [0.25, 0.3) is 0 Å². The summed E-state index contributed by atoms with van der Waals surface area (Å²) >= 11 is 0.